The Morgan fingerprint density at radius 2 is 2.25 bits per heavy atom. The van der Waals surface area contributed by atoms with Gasteiger partial charge in [-0.05, 0) is 13.0 Å². The zero-order valence-electron chi connectivity index (χ0n) is 6.38. The maximum atomic E-state index is 10.3. The molecule has 72 valence electrons. The summed E-state index contributed by atoms with van der Waals surface area (Å²) in [7, 11) is -4.40. The van der Waals surface area contributed by atoms with E-state index in [0.29, 0.717) is 13.0 Å². The van der Waals surface area contributed by atoms with E-state index in [0.717, 1.165) is 0 Å². The van der Waals surface area contributed by atoms with Crippen LogP contribution in [0.2, 0.25) is 0 Å². The van der Waals surface area contributed by atoms with Crippen LogP contribution in [0.1, 0.15) is 6.42 Å². The average Bonchev–Trinajstić information content (AvgIpc) is 2.29. The summed E-state index contributed by atoms with van der Waals surface area (Å²) in [5.74, 6) is 0. The Labute approximate surface area is 69.8 Å². The normalized spacial score (nSPS) is 30.9. The van der Waals surface area contributed by atoms with Crippen molar-refractivity contribution in [2.45, 2.75) is 18.6 Å². The summed E-state index contributed by atoms with van der Waals surface area (Å²) in [6, 6.07) is -0.363. The van der Waals surface area contributed by atoms with Gasteiger partial charge in [0, 0.05) is 0 Å². The lowest BCUT2D eigenvalue weighted by Crippen LogP contribution is -2.34. The van der Waals surface area contributed by atoms with E-state index < -0.39 is 13.9 Å². The molecule has 0 unspecified atom stereocenters. The molecule has 1 aliphatic rings. The van der Waals surface area contributed by atoms with Crippen molar-refractivity contribution in [3.63, 3.8) is 0 Å². The van der Waals surface area contributed by atoms with Crippen molar-refractivity contribution in [2.24, 2.45) is 0 Å². The van der Waals surface area contributed by atoms with Crippen molar-refractivity contribution in [2.75, 3.05) is 13.2 Å². The topological polar surface area (TPSA) is 99.0 Å². The lowest BCUT2D eigenvalue weighted by molar-refractivity contribution is 0.111. The summed E-state index contributed by atoms with van der Waals surface area (Å²) in [5.41, 5.74) is 0. The van der Waals surface area contributed by atoms with E-state index in [4.69, 9.17) is 9.79 Å². The van der Waals surface area contributed by atoms with Gasteiger partial charge in [-0.15, -0.1) is 0 Å². The molecule has 1 heterocycles. The Morgan fingerprint density at radius 3 is 2.67 bits per heavy atom. The van der Waals surface area contributed by atoms with Crippen LogP contribution < -0.4 is 5.32 Å². The van der Waals surface area contributed by atoms with Crippen LogP contribution in [0.5, 0.6) is 0 Å². The number of nitrogens with one attached hydrogen (secondary N) is 1. The molecule has 1 fully saturated rings. The summed E-state index contributed by atoms with van der Waals surface area (Å²) in [4.78, 5) is 16.7. The Hall–Kier alpha value is 0.0300. The van der Waals surface area contributed by atoms with Crippen molar-refractivity contribution in [1.82, 2.24) is 5.32 Å². The number of aliphatic hydroxyl groups is 1. The molecule has 12 heavy (non-hydrogen) atoms. The van der Waals surface area contributed by atoms with Gasteiger partial charge in [-0.3, -0.25) is 4.52 Å². The molecule has 0 saturated carbocycles. The predicted molar refractivity (Wildman–Crippen MR) is 40.4 cm³/mol. The number of hydrogen-bond donors (Lipinski definition) is 4. The summed E-state index contributed by atoms with van der Waals surface area (Å²) in [5, 5.41) is 12.1. The van der Waals surface area contributed by atoms with Crippen LogP contribution in [-0.2, 0) is 9.09 Å². The molecule has 7 heteroatoms. The first-order valence-corrected chi connectivity index (χ1v) is 5.13. The van der Waals surface area contributed by atoms with Crippen LogP contribution in [0, 0.1) is 0 Å². The van der Waals surface area contributed by atoms with Crippen LogP contribution in [-0.4, -0.2) is 40.2 Å². The predicted octanol–water partition coefficient (Wildman–Crippen LogP) is -1.18. The van der Waals surface area contributed by atoms with Crippen LogP contribution >= 0.6 is 7.82 Å². The Morgan fingerprint density at radius 1 is 1.58 bits per heavy atom. The van der Waals surface area contributed by atoms with Crippen LogP contribution in [0.25, 0.3) is 0 Å². The van der Waals surface area contributed by atoms with E-state index in [1.165, 1.54) is 0 Å². The zero-order valence-corrected chi connectivity index (χ0v) is 7.28. The molecule has 0 bridgehead atoms. The van der Waals surface area contributed by atoms with Gasteiger partial charge < -0.3 is 20.2 Å². The first-order valence-electron chi connectivity index (χ1n) is 3.60. The third kappa shape index (κ3) is 3.18. The third-order valence-electron chi connectivity index (χ3n) is 1.73. The van der Waals surface area contributed by atoms with Crippen LogP contribution in [0.3, 0.4) is 0 Å². The molecule has 0 aliphatic carbocycles. The van der Waals surface area contributed by atoms with Gasteiger partial charge in [0.15, 0.2) is 0 Å². The summed E-state index contributed by atoms with van der Waals surface area (Å²) in [6.45, 7) is 0.488. The highest BCUT2D eigenvalue weighted by Gasteiger charge is 2.27. The molecule has 0 spiro atoms. The zero-order chi connectivity index (χ0) is 9.19. The maximum absolute atomic E-state index is 10.3. The van der Waals surface area contributed by atoms with E-state index in [1.54, 1.807) is 0 Å². The Balaban J connectivity index is 2.27. The monoisotopic (exact) mass is 197 g/mol. The number of hydrogen-bond acceptors (Lipinski definition) is 4. The summed E-state index contributed by atoms with van der Waals surface area (Å²) >= 11 is 0. The van der Waals surface area contributed by atoms with Gasteiger partial charge in [0.25, 0.3) is 0 Å². The van der Waals surface area contributed by atoms with Crippen molar-refractivity contribution in [3.8, 4) is 0 Å². The summed E-state index contributed by atoms with van der Waals surface area (Å²) in [6.07, 6.45) is 0.0198. The van der Waals surface area contributed by atoms with E-state index >= 15 is 0 Å². The SMILES string of the molecule is O=P(O)(O)OC[C@H]1NCC[C@@H]1O. The minimum absolute atomic E-state index is 0.161. The average molecular weight is 197 g/mol. The molecule has 1 aliphatic heterocycles. The Bertz CT molecular complexity index is 192. The van der Waals surface area contributed by atoms with E-state index in [9.17, 15) is 9.67 Å². The van der Waals surface area contributed by atoms with E-state index in [1.807, 2.05) is 0 Å². The van der Waals surface area contributed by atoms with Crippen LogP contribution in [0.15, 0.2) is 0 Å². The number of phosphoric ester groups is 1. The third-order valence-corrected chi connectivity index (χ3v) is 2.22. The molecule has 2 atom stereocenters. The molecule has 0 radical (unpaired) electrons. The van der Waals surface area contributed by atoms with Gasteiger partial charge in [-0.1, -0.05) is 0 Å². The standard InChI is InChI=1S/C5H12NO5P/c7-5-1-2-6-4(5)3-11-12(8,9)10/h4-7H,1-3H2,(H2,8,9,10)/t4-,5+/m1/s1. The van der Waals surface area contributed by atoms with Crippen molar-refractivity contribution in [3.05, 3.63) is 0 Å². The number of rotatable bonds is 3. The molecule has 6 nitrogen and oxygen atoms in total. The van der Waals surface area contributed by atoms with Gasteiger partial charge in [0.05, 0.1) is 18.8 Å². The van der Waals surface area contributed by atoms with Gasteiger partial charge in [0.2, 0.25) is 0 Å². The second kappa shape index (κ2) is 3.83. The second-order valence-corrected chi connectivity index (χ2v) is 3.94. The molecule has 0 aromatic heterocycles. The quantitative estimate of drug-likeness (QED) is 0.425. The fourth-order valence-electron chi connectivity index (χ4n) is 1.10. The molecular weight excluding hydrogens is 185 g/mol. The first kappa shape index (κ1) is 10.1. The first-order chi connectivity index (χ1) is 5.49. The fraction of sp³-hybridized carbons (Fsp3) is 1.00. The van der Waals surface area contributed by atoms with Gasteiger partial charge in [-0.25, -0.2) is 4.57 Å². The largest absolute Gasteiger partial charge is 0.469 e. The highest BCUT2D eigenvalue weighted by Crippen LogP contribution is 2.36. The lowest BCUT2D eigenvalue weighted by Gasteiger charge is -2.14. The smallest absolute Gasteiger partial charge is 0.391 e. The molecule has 4 N–H and O–H groups in total. The lowest BCUT2D eigenvalue weighted by atomic mass is 10.2. The molecular formula is C5H12NO5P. The number of phosphoric acid groups is 1. The molecule has 0 aromatic carbocycles. The second-order valence-electron chi connectivity index (χ2n) is 2.70. The molecule has 0 amide bonds. The van der Waals surface area contributed by atoms with Crippen molar-refractivity contribution < 1.29 is 24.0 Å². The molecule has 1 saturated heterocycles. The molecule has 0 aromatic rings. The highest BCUT2D eigenvalue weighted by molar-refractivity contribution is 7.46. The van der Waals surface area contributed by atoms with E-state index in [-0.39, 0.29) is 12.6 Å². The maximum Gasteiger partial charge on any atom is 0.469 e. The minimum atomic E-state index is -4.40. The molecule has 1 rings (SSSR count). The van der Waals surface area contributed by atoms with Crippen LogP contribution in [0.4, 0.5) is 0 Å². The van der Waals surface area contributed by atoms with Gasteiger partial charge in [0.1, 0.15) is 0 Å². The van der Waals surface area contributed by atoms with E-state index in [2.05, 4.69) is 9.84 Å². The Kier molecular flexibility index (Phi) is 3.22. The highest BCUT2D eigenvalue weighted by atomic mass is 31.2. The number of aliphatic hydroxyl groups excluding tert-OH is 1. The van der Waals surface area contributed by atoms with Crippen molar-refractivity contribution >= 4 is 7.82 Å². The summed E-state index contributed by atoms with van der Waals surface area (Å²) < 4.78 is 14.5. The van der Waals surface area contributed by atoms with Gasteiger partial charge in [-0.2, -0.15) is 0 Å². The van der Waals surface area contributed by atoms with Gasteiger partial charge >= 0.3 is 7.82 Å². The minimum Gasteiger partial charge on any atom is -0.391 e. The van der Waals surface area contributed by atoms with Crippen molar-refractivity contribution in [1.29, 1.82) is 0 Å². The fourth-order valence-corrected chi connectivity index (χ4v) is 1.46.